The van der Waals surface area contributed by atoms with Crippen LogP contribution >= 0.6 is 0 Å². The lowest BCUT2D eigenvalue weighted by molar-refractivity contribution is -0.146. The van der Waals surface area contributed by atoms with Gasteiger partial charge in [0, 0.05) is 12.5 Å². The number of esters is 1. The van der Waals surface area contributed by atoms with Crippen LogP contribution in [0.25, 0.3) is 0 Å². The smallest absolute Gasteiger partial charge is 0.411 e. The van der Waals surface area contributed by atoms with Gasteiger partial charge in [0.1, 0.15) is 11.6 Å². The Morgan fingerprint density at radius 3 is 2.36 bits per heavy atom. The second kappa shape index (κ2) is 6.38. The number of ether oxygens (including phenoxy) is 2. The molecule has 0 bridgehead atoms. The van der Waals surface area contributed by atoms with E-state index in [0.29, 0.717) is 13.0 Å². The van der Waals surface area contributed by atoms with Gasteiger partial charge in [0.15, 0.2) is 0 Å². The van der Waals surface area contributed by atoms with Gasteiger partial charge in [-0.05, 0) is 32.8 Å². The van der Waals surface area contributed by atoms with E-state index in [1.54, 1.807) is 0 Å². The Morgan fingerprint density at radius 1 is 1.18 bits per heavy atom. The molecule has 1 saturated heterocycles. The van der Waals surface area contributed by atoms with Gasteiger partial charge >= 0.3 is 12.1 Å². The Morgan fingerprint density at radius 2 is 1.82 bits per heavy atom. The zero-order chi connectivity index (χ0) is 16.3. The highest BCUT2D eigenvalue weighted by Crippen LogP contribution is 2.35. The second-order valence-corrected chi connectivity index (χ2v) is 6.45. The number of amides is 1. The van der Waals surface area contributed by atoms with Crippen LogP contribution in [0, 0.1) is 0 Å². The van der Waals surface area contributed by atoms with Crippen molar-refractivity contribution < 1.29 is 19.1 Å². The van der Waals surface area contributed by atoms with E-state index < -0.39 is 23.7 Å². The Labute approximate surface area is 131 Å². The monoisotopic (exact) mass is 305 g/mol. The average Bonchev–Trinajstić information content (AvgIpc) is 2.90. The number of nitrogens with zero attached hydrogens (tertiary/aromatic N) is 1. The summed E-state index contributed by atoms with van der Waals surface area (Å²) in [4.78, 5) is 26.1. The number of methoxy groups -OCH3 is 1. The van der Waals surface area contributed by atoms with E-state index in [0.717, 1.165) is 5.56 Å². The molecule has 1 aromatic carbocycles. The van der Waals surface area contributed by atoms with E-state index in [1.807, 2.05) is 51.1 Å². The SMILES string of the molecule is COC(=O)C1[C@H](c2ccccc2)CCN1C(=O)OC(C)(C)C. The molecule has 22 heavy (non-hydrogen) atoms. The lowest BCUT2D eigenvalue weighted by atomic mass is 9.92. The van der Waals surface area contributed by atoms with Gasteiger partial charge in [-0.1, -0.05) is 30.3 Å². The van der Waals surface area contributed by atoms with Gasteiger partial charge in [-0.15, -0.1) is 0 Å². The van der Waals surface area contributed by atoms with E-state index >= 15 is 0 Å². The summed E-state index contributed by atoms with van der Waals surface area (Å²) in [5.41, 5.74) is 0.437. The maximum atomic E-state index is 12.4. The zero-order valence-electron chi connectivity index (χ0n) is 13.5. The maximum absolute atomic E-state index is 12.4. The first kappa shape index (κ1) is 16.3. The second-order valence-electron chi connectivity index (χ2n) is 6.45. The molecule has 0 aliphatic carbocycles. The molecule has 1 unspecified atom stereocenters. The first-order chi connectivity index (χ1) is 10.3. The quantitative estimate of drug-likeness (QED) is 0.788. The molecule has 5 nitrogen and oxygen atoms in total. The molecular weight excluding hydrogens is 282 g/mol. The normalized spacial score (nSPS) is 21.5. The fraction of sp³-hybridized carbons (Fsp3) is 0.529. The van der Waals surface area contributed by atoms with E-state index in [1.165, 1.54) is 12.0 Å². The predicted molar refractivity (Wildman–Crippen MR) is 82.5 cm³/mol. The summed E-state index contributed by atoms with van der Waals surface area (Å²) in [6, 6.07) is 9.09. The van der Waals surface area contributed by atoms with Crippen molar-refractivity contribution in [3.8, 4) is 0 Å². The number of rotatable bonds is 2. The fourth-order valence-electron chi connectivity index (χ4n) is 2.78. The molecule has 0 aromatic heterocycles. The molecular formula is C17H23NO4. The number of hydrogen-bond acceptors (Lipinski definition) is 4. The van der Waals surface area contributed by atoms with Crippen molar-refractivity contribution in [2.24, 2.45) is 0 Å². The predicted octanol–water partition coefficient (Wildman–Crippen LogP) is 2.95. The zero-order valence-corrected chi connectivity index (χ0v) is 13.5. The number of benzene rings is 1. The number of carbonyl (C=O) groups is 2. The molecule has 1 aliphatic heterocycles. The fourth-order valence-corrected chi connectivity index (χ4v) is 2.78. The summed E-state index contributed by atoms with van der Waals surface area (Å²) < 4.78 is 10.3. The van der Waals surface area contributed by atoms with Crippen molar-refractivity contribution in [1.29, 1.82) is 0 Å². The van der Waals surface area contributed by atoms with Crippen molar-refractivity contribution in [1.82, 2.24) is 4.90 Å². The summed E-state index contributed by atoms with van der Waals surface area (Å²) in [6.45, 7) is 5.91. The summed E-state index contributed by atoms with van der Waals surface area (Å²) in [5.74, 6) is -0.474. The molecule has 2 atom stereocenters. The van der Waals surface area contributed by atoms with E-state index in [4.69, 9.17) is 9.47 Å². The van der Waals surface area contributed by atoms with Gasteiger partial charge < -0.3 is 9.47 Å². The molecule has 0 spiro atoms. The molecule has 0 N–H and O–H groups in total. The van der Waals surface area contributed by atoms with Crippen LogP contribution in [0.4, 0.5) is 4.79 Å². The van der Waals surface area contributed by atoms with Crippen LogP contribution < -0.4 is 0 Å². The van der Waals surface area contributed by atoms with Crippen molar-refractivity contribution >= 4 is 12.1 Å². The molecule has 1 heterocycles. The van der Waals surface area contributed by atoms with Gasteiger partial charge in [0.25, 0.3) is 0 Å². The van der Waals surface area contributed by atoms with Crippen molar-refractivity contribution in [2.45, 2.75) is 44.8 Å². The molecule has 120 valence electrons. The highest BCUT2D eigenvalue weighted by molar-refractivity contribution is 5.83. The highest BCUT2D eigenvalue weighted by atomic mass is 16.6. The van der Waals surface area contributed by atoms with Gasteiger partial charge in [-0.3, -0.25) is 4.90 Å². The molecule has 1 aliphatic rings. The lowest BCUT2D eigenvalue weighted by Crippen LogP contribution is -2.45. The summed E-state index contributed by atoms with van der Waals surface area (Å²) >= 11 is 0. The molecule has 1 fully saturated rings. The van der Waals surface area contributed by atoms with Gasteiger partial charge in [0.05, 0.1) is 7.11 Å². The largest absolute Gasteiger partial charge is 0.467 e. The number of likely N-dealkylation sites (tertiary alicyclic amines) is 1. The molecule has 2 rings (SSSR count). The summed E-state index contributed by atoms with van der Waals surface area (Å²) in [5, 5.41) is 0. The van der Waals surface area contributed by atoms with Crippen LogP contribution in [0.3, 0.4) is 0 Å². The standard InChI is InChI=1S/C17H23NO4/c1-17(2,3)22-16(20)18-11-10-13(14(18)15(19)21-4)12-8-6-5-7-9-12/h5-9,13-14H,10-11H2,1-4H3/t13-,14?/m0/s1. The third-order valence-corrected chi connectivity index (χ3v) is 3.70. The van der Waals surface area contributed by atoms with Crippen LogP contribution in [-0.4, -0.2) is 42.3 Å². The van der Waals surface area contributed by atoms with Crippen LogP contribution in [0.2, 0.25) is 0 Å². The minimum absolute atomic E-state index is 0.0684. The van der Waals surface area contributed by atoms with Crippen LogP contribution in [0.5, 0.6) is 0 Å². The lowest BCUT2D eigenvalue weighted by Gasteiger charge is -2.29. The molecule has 0 saturated carbocycles. The first-order valence-corrected chi connectivity index (χ1v) is 7.46. The third-order valence-electron chi connectivity index (χ3n) is 3.70. The van der Waals surface area contributed by atoms with Crippen LogP contribution in [-0.2, 0) is 14.3 Å². The van der Waals surface area contributed by atoms with Gasteiger partial charge in [-0.25, -0.2) is 9.59 Å². The van der Waals surface area contributed by atoms with Crippen LogP contribution in [0.1, 0.15) is 38.7 Å². The molecule has 5 heteroatoms. The average molecular weight is 305 g/mol. The number of carbonyl (C=O) groups excluding carboxylic acids is 2. The van der Waals surface area contributed by atoms with E-state index in [9.17, 15) is 9.59 Å². The Kier molecular flexibility index (Phi) is 4.74. The minimum Gasteiger partial charge on any atom is -0.467 e. The Bertz CT molecular complexity index is 535. The minimum atomic E-state index is -0.637. The molecule has 0 radical (unpaired) electrons. The Balaban J connectivity index is 2.25. The maximum Gasteiger partial charge on any atom is 0.411 e. The van der Waals surface area contributed by atoms with Gasteiger partial charge in [0.2, 0.25) is 0 Å². The van der Waals surface area contributed by atoms with E-state index in [-0.39, 0.29) is 5.92 Å². The van der Waals surface area contributed by atoms with Crippen molar-refractivity contribution in [3.05, 3.63) is 35.9 Å². The highest BCUT2D eigenvalue weighted by Gasteiger charge is 2.44. The molecule has 1 amide bonds. The third kappa shape index (κ3) is 3.59. The Hall–Kier alpha value is -2.04. The van der Waals surface area contributed by atoms with E-state index in [2.05, 4.69) is 0 Å². The van der Waals surface area contributed by atoms with Gasteiger partial charge in [-0.2, -0.15) is 0 Å². The summed E-state index contributed by atoms with van der Waals surface area (Å²) in [7, 11) is 1.34. The number of hydrogen-bond donors (Lipinski definition) is 0. The van der Waals surface area contributed by atoms with Crippen molar-refractivity contribution in [2.75, 3.05) is 13.7 Å². The molecule has 1 aromatic rings. The van der Waals surface area contributed by atoms with Crippen molar-refractivity contribution in [3.63, 3.8) is 0 Å². The topological polar surface area (TPSA) is 55.8 Å². The summed E-state index contributed by atoms with van der Waals surface area (Å²) in [6.07, 6.45) is 0.240. The first-order valence-electron chi connectivity index (χ1n) is 7.46. The van der Waals surface area contributed by atoms with Crippen LogP contribution in [0.15, 0.2) is 30.3 Å².